The number of hydrogen-bond donors (Lipinski definition) is 2. The van der Waals surface area contributed by atoms with E-state index in [2.05, 4.69) is 92.9 Å². The number of imidazole rings is 2. The lowest BCUT2D eigenvalue weighted by atomic mass is 9.90. The van der Waals surface area contributed by atoms with E-state index in [1.54, 1.807) is 22.6 Å². The molecule has 0 unspecified atom stereocenters. The van der Waals surface area contributed by atoms with Crippen molar-refractivity contribution in [2.75, 3.05) is 33.5 Å². The molecular formula is C47H57N4O9P+2. The van der Waals surface area contributed by atoms with E-state index in [4.69, 9.17) is 28.4 Å². The molecule has 2 aromatic heterocycles. The van der Waals surface area contributed by atoms with Crippen LogP contribution in [0, 0.1) is 0 Å². The Hall–Kier alpha value is -5.75. The molecule has 0 aliphatic heterocycles. The zero-order valence-corrected chi connectivity index (χ0v) is 36.6. The Morgan fingerprint density at radius 2 is 0.869 bits per heavy atom. The maximum atomic E-state index is 11.8. The maximum absolute atomic E-state index is 11.8. The van der Waals surface area contributed by atoms with Crippen molar-refractivity contribution in [1.29, 1.82) is 0 Å². The molecule has 0 fully saturated rings. The quantitative estimate of drug-likeness (QED) is 0.0719. The second-order valence-corrected chi connectivity index (χ2v) is 16.4. The molecule has 8 bridgehead atoms. The number of nitrogens with zero attached hydrogens (tertiary/aromatic N) is 4. The Morgan fingerprint density at radius 1 is 0.541 bits per heavy atom. The van der Waals surface area contributed by atoms with E-state index >= 15 is 0 Å². The van der Waals surface area contributed by atoms with Gasteiger partial charge < -0.3 is 23.8 Å². The van der Waals surface area contributed by atoms with Crippen LogP contribution in [0.15, 0.2) is 98.1 Å². The van der Waals surface area contributed by atoms with Gasteiger partial charge in [0.1, 0.15) is 53.9 Å². The van der Waals surface area contributed by atoms with Crippen LogP contribution in [-0.4, -0.2) is 52.8 Å². The summed E-state index contributed by atoms with van der Waals surface area (Å²) in [5.74, 6) is 3.30. The van der Waals surface area contributed by atoms with Gasteiger partial charge in [-0.2, -0.15) is 9.13 Å². The minimum Gasteiger partial charge on any atom is -0.493 e. The van der Waals surface area contributed by atoms with Crippen molar-refractivity contribution in [3.05, 3.63) is 143 Å². The summed E-state index contributed by atoms with van der Waals surface area (Å²) in [6.07, 6.45) is 15.8. The van der Waals surface area contributed by atoms with Crippen molar-refractivity contribution < 1.29 is 51.9 Å². The van der Waals surface area contributed by atoms with E-state index in [1.165, 1.54) is 12.5 Å². The largest absolute Gasteiger partial charge is 0.561 e. The van der Waals surface area contributed by atoms with Crippen LogP contribution >= 0.6 is 7.82 Å². The topological polar surface area (TPSA) is 131 Å². The first-order chi connectivity index (χ1) is 29.6. The van der Waals surface area contributed by atoms with Crippen molar-refractivity contribution in [1.82, 2.24) is 9.46 Å². The van der Waals surface area contributed by atoms with Crippen molar-refractivity contribution in [3.63, 3.8) is 0 Å². The third-order valence-electron chi connectivity index (χ3n) is 10.4. The Bertz CT molecular complexity index is 2380. The lowest BCUT2D eigenvalue weighted by molar-refractivity contribution is -0.596. The standard InChI is InChI=1S/C47H55N4O9P/c1-6-20-56-44-34-12-10-14-36(44)26-40-30-43(49-17-19-51(33-49)60-61(52,53)54)31-41(47(40)59-23-9-4)27-37-15-11-13-35(45(37)57-21-7-2)25-39-29-42(48-16-18-50(32-48)55-5)28-38(24-34)46(39)58-22-8-3/h10-19,28-33H,6-9,20-27H2,1-5H3/p+2. The van der Waals surface area contributed by atoms with Crippen LogP contribution in [-0.2, 0) is 30.2 Å². The third-order valence-corrected chi connectivity index (χ3v) is 10.8. The maximum Gasteiger partial charge on any atom is 0.561 e. The molecule has 322 valence electrons. The van der Waals surface area contributed by atoms with Crippen LogP contribution in [0.2, 0.25) is 0 Å². The average molecular weight is 853 g/mol. The van der Waals surface area contributed by atoms with Gasteiger partial charge >= 0.3 is 7.82 Å². The van der Waals surface area contributed by atoms with E-state index in [9.17, 15) is 14.4 Å². The fourth-order valence-electron chi connectivity index (χ4n) is 7.77. The van der Waals surface area contributed by atoms with Gasteiger partial charge in [0.05, 0.1) is 26.4 Å². The first-order valence-corrected chi connectivity index (χ1v) is 22.7. The predicted octanol–water partition coefficient (Wildman–Crippen LogP) is 7.25. The van der Waals surface area contributed by atoms with Crippen LogP contribution in [0.1, 0.15) is 97.9 Å². The zero-order valence-electron chi connectivity index (χ0n) is 35.7. The van der Waals surface area contributed by atoms with Crippen LogP contribution in [0.5, 0.6) is 23.0 Å². The number of phosphoric acid groups is 1. The average Bonchev–Trinajstić information content (AvgIpc) is 3.92. The Labute approximate surface area is 357 Å². The summed E-state index contributed by atoms with van der Waals surface area (Å²) >= 11 is 0. The monoisotopic (exact) mass is 852 g/mol. The molecule has 13 nitrogen and oxygen atoms in total. The number of ether oxygens (including phenoxy) is 4. The van der Waals surface area contributed by atoms with Gasteiger partial charge in [0.2, 0.25) is 0 Å². The first kappa shape index (κ1) is 43.3. The highest BCUT2D eigenvalue weighted by molar-refractivity contribution is 7.46. The van der Waals surface area contributed by atoms with Gasteiger partial charge in [-0.05, 0) is 76.9 Å². The lowest BCUT2D eigenvalue weighted by Crippen LogP contribution is -2.29. The molecule has 0 saturated carbocycles. The molecular weight excluding hydrogens is 796 g/mol. The van der Waals surface area contributed by atoms with Gasteiger partial charge in [-0.1, -0.05) is 68.8 Å². The summed E-state index contributed by atoms with van der Waals surface area (Å²) in [5.41, 5.74) is 9.75. The predicted molar refractivity (Wildman–Crippen MR) is 230 cm³/mol. The van der Waals surface area contributed by atoms with Crippen LogP contribution in [0.3, 0.4) is 0 Å². The minimum atomic E-state index is -4.80. The van der Waals surface area contributed by atoms with E-state index in [0.717, 1.165) is 109 Å². The molecule has 0 amide bonds. The zero-order chi connectivity index (χ0) is 42.9. The lowest BCUT2D eigenvalue weighted by Gasteiger charge is -2.23. The molecule has 61 heavy (non-hydrogen) atoms. The summed E-state index contributed by atoms with van der Waals surface area (Å²) in [7, 11) is -3.16. The Balaban J connectivity index is 1.50. The Morgan fingerprint density at radius 3 is 1.18 bits per heavy atom. The van der Waals surface area contributed by atoms with Gasteiger partial charge in [0.25, 0.3) is 12.7 Å². The molecule has 0 saturated heterocycles. The number of fused-ring (bicyclic) bond motifs is 8. The van der Waals surface area contributed by atoms with Crippen molar-refractivity contribution in [2.24, 2.45) is 0 Å². The van der Waals surface area contributed by atoms with Crippen LogP contribution < -0.4 is 37.5 Å². The molecule has 0 spiro atoms. The van der Waals surface area contributed by atoms with Gasteiger partial charge in [0.15, 0.2) is 12.4 Å². The van der Waals surface area contributed by atoms with Gasteiger partial charge in [-0.15, -0.1) is 0 Å². The van der Waals surface area contributed by atoms with Gasteiger partial charge in [-0.3, -0.25) is 9.79 Å². The summed E-state index contributed by atoms with van der Waals surface area (Å²) in [4.78, 5) is 24.6. The molecule has 14 heteroatoms. The molecule has 1 aliphatic carbocycles. The molecule has 2 heterocycles. The molecule has 1 aliphatic rings. The molecule has 7 rings (SSSR count). The third kappa shape index (κ3) is 10.4. The number of benzene rings is 4. The van der Waals surface area contributed by atoms with Crippen molar-refractivity contribution in [2.45, 2.75) is 79.1 Å². The molecule has 0 radical (unpaired) electrons. The summed E-state index contributed by atoms with van der Waals surface area (Å²) < 4.78 is 50.0. The highest BCUT2D eigenvalue weighted by atomic mass is 31.2. The SMILES string of the molecule is CCCOc1c2cccc1Cc1cc(-[n+]3ccn(OP(=O)(O)O)c3)cc(c1OCCC)Cc1cccc(c1OCCC)Cc1cc(-[n+]3ccn(OC)c3)cc(c1OCCC)C2. The first-order valence-electron chi connectivity index (χ1n) is 21.1. The van der Waals surface area contributed by atoms with Crippen LogP contribution in [0.4, 0.5) is 0 Å². The van der Waals surface area contributed by atoms with Crippen molar-refractivity contribution >= 4 is 7.82 Å². The Kier molecular flexibility index (Phi) is 14.0. The molecule has 2 N–H and O–H groups in total. The van der Waals surface area contributed by atoms with E-state index in [-0.39, 0.29) is 0 Å². The highest BCUT2D eigenvalue weighted by Crippen LogP contribution is 2.40. The fourth-order valence-corrected chi connectivity index (χ4v) is 8.11. The normalized spacial score (nSPS) is 12.5. The molecule has 4 aromatic carbocycles. The summed E-state index contributed by atoms with van der Waals surface area (Å²) in [6, 6.07) is 21.2. The van der Waals surface area contributed by atoms with Gasteiger partial charge in [-0.25, -0.2) is 9.19 Å². The number of para-hydroxylation sites is 2. The minimum absolute atomic E-state index is 0.483. The number of hydrogen-bond acceptors (Lipinski definition) is 7. The smallest absolute Gasteiger partial charge is 0.493 e. The van der Waals surface area contributed by atoms with E-state index in [0.29, 0.717) is 52.1 Å². The fraction of sp³-hybridized carbons (Fsp3) is 0.362. The number of aromatic nitrogens is 4. The summed E-state index contributed by atoms with van der Waals surface area (Å²) in [6.45, 7) is 10.6. The van der Waals surface area contributed by atoms with Crippen LogP contribution in [0.25, 0.3) is 11.4 Å². The summed E-state index contributed by atoms with van der Waals surface area (Å²) in [5, 5.41) is 0. The van der Waals surface area contributed by atoms with Gasteiger partial charge in [0, 0.05) is 47.9 Å². The second-order valence-electron chi connectivity index (χ2n) is 15.2. The molecule has 0 atom stereocenters. The number of rotatable bonds is 17. The van der Waals surface area contributed by atoms with Crippen molar-refractivity contribution in [3.8, 4) is 34.4 Å². The van der Waals surface area contributed by atoms with E-state index in [1.807, 2.05) is 18.7 Å². The molecule has 6 aromatic rings. The van der Waals surface area contributed by atoms with E-state index < -0.39 is 7.82 Å². The second kappa shape index (κ2) is 19.8. The highest BCUT2D eigenvalue weighted by Gasteiger charge is 2.26.